The van der Waals surface area contributed by atoms with Gasteiger partial charge in [-0.05, 0) is 30.9 Å². The number of rotatable bonds is 7. The molecule has 0 radical (unpaired) electrons. The molecule has 0 bridgehead atoms. The molecule has 1 aliphatic carbocycles. The Morgan fingerprint density at radius 3 is 2.76 bits per heavy atom. The maximum absolute atomic E-state index is 12.3. The largest absolute Gasteiger partial charge is 0.379 e. The van der Waals surface area contributed by atoms with Crippen LogP contribution in [0.15, 0.2) is 18.2 Å². The third kappa shape index (κ3) is 3.51. The van der Waals surface area contributed by atoms with E-state index in [4.69, 9.17) is 0 Å². The second-order valence-electron chi connectivity index (χ2n) is 5.37. The molecule has 1 aromatic rings. The summed E-state index contributed by atoms with van der Waals surface area (Å²) in [5.74, 6) is 0.150. The van der Waals surface area contributed by atoms with E-state index in [0.717, 1.165) is 19.3 Å². The fourth-order valence-corrected chi connectivity index (χ4v) is 2.45. The fraction of sp³-hybridized carbons (Fsp3) is 0.533. The van der Waals surface area contributed by atoms with Crippen LogP contribution in [-0.4, -0.2) is 23.4 Å². The average molecular weight is 291 g/mol. The van der Waals surface area contributed by atoms with Crippen LogP contribution in [0, 0.1) is 16.0 Å². The normalized spacial score (nSPS) is 19.9. The molecule has 1 aliphatic rings. The second-order valence-corrected chi connectivity index (χ2v) is 5.37. The van der Waals surface area contributed by atoms with Crippen molar-refractivity contribution in [3.63, 3.8) is 0 Å². The highest BCUT2D eigenvalue weighted by Gasteiger charge is 2.37. The average Bonchev–Trinajstić information content (AvgIpc) is 3.22. The number of nitrogens with one attached hydrogen (secondary N) is 2. The van der Waals surface area contributed by atoms with E-state index in [9.17, 15) is 14.9 Å². The van der Waals surface area contributed by atoms with E-state index >= 15 is 0 Å². The Labute approximate surface area is 124 Å². The number of hydrogen-bond donors (Lipinski definition) is 2. The molecular weight excluding hydrogens is 270 g/mol. The Morgan fingerprint density at radius 1 is 1.43 bits per heavy atom. The van der Waals surface area contributed by atoms with Gasteiger partial charge < -0.3 is 10.6 Å². The molecule has 21 heavy (non-hydrogen) atoms. The van der Waals surface area contributed by atoms with Crippen LogP contribution in [0.4, 0.5) is 11.4 Å². The van der Waals surface area contributed by atoms with Crippen molar-refractivity contribution in [3.05, 3.63) is 33.9 Å². The maximum atomic E-state index is 12.3. The van der Waals surface area contributed by atoms with Crippen molar-refractivity contribution >= 4 is 17.3 Å². The van der Waals surface area contributed by atoms with Gasteiger partial charge in [0.05, 0.1) is 4.92 Å². The summed E-state index contributed by atoms with van der Waals surface area (Å²) in [6, 6.07) is 4.98. The van der Waals surface area contributed by atoms with E-state index in [1.807, 2.05) is 6.92 Å². The zero-order chi connectivity index (χ0) is 15.4. The number of anilines is 1. The molecular formula is C15H21N3O3. The predicted molar refractivity (Wildman–Crippen MR) is 81.5 cm³/mol. The molecule has 6 nitrogen and oxygen atoms in total. The number of para-hydroxylation sites is 1. The van der Waals surface area contributed by atoms with Crippen molar-refractivity contribution in [1.82, 2.24) is 5.32 Å². The van der Waals surface area contributed by atoms with Gasteiger partial charge in [0.2, 0.25) is 0 Å². The van der Waals surface area contributed by atoms with E-state index in [0.29, 0.717) is 18.2 Å². The molecule has 1 fully saturated rings. The van der Waals surface area contributed by atoms with Crippen molar-refractivity contribution in [1.29, 1.82) is 0 Å². The molecule has 0 aliphatic heterocycles. The lowest BCUT2D eigenvalue weighted by Crippen LogP contribution is -2.27. The first-order valence-electron chi connectivity index (χ1n) is 7.40. The molecule has 6 heteroatoms. The number of carbonyl (C=O) groups excluding carboxylic acids is 1. The first-order chi connectivity index (χ1) is 10.1. The minimum atomic E-state index is -0.489. The first kappa shape index (κ1) is 15.3. The van der Waals surface area contributed by atoms with Gasteiger partial charge in [-0.15, -0.1) is 0 Å². The van der Waals surface area contributed by atoms with Gasteiger partial charge in [-0.3, -0.25) is 14.9 Å². The van der Waals surface area contributed by atoms with Gasteiger partial charge in [-0.25, -0.2) is 0 Å². The molecule has 0 heterocycles. The van der Waals surface area contributed by atoms with E-state index in [2.05, 4.69) is 17.6 Å². The number of benzene rings is 1. The molecule has 2 N–H and O–H groups in total. The zero-order valence-electron chi connectivity index (χ0n) is 12.4. The van der Waals surface area contributed by atoms with Crippen molar-refractivity contribution < 1.29 is 9.72 Å². The van der Waals surface area contributed by atoms with Crippen LogP contribution in [0.3, 0.4) is 0 Å². The third-order valence-corrected chi connectivity index (χ3v) is 3.79. The summed E-state index contributed by atoms with van der Waals surface area (Å²) >= 11 is 0. The molecule has 2 rings (SSSR count). The Kier molecular flexibility index (Phi) is 4.77. The van der Waals surface area contributed by atoms with Crippen LogP contribution in [0.25, 0.3) is 0 Å². The Bertz CT molecular complexity index is 545. The smallest absolute Gasteiger partial charge is 0.305 e. The fourth-order valence-electron chi connectivity index (χ4n) is 2.45. The summed E-state index contributed by atoms with van der Waals surface area (Å²) in [7, 11) is 0. The molecule has 2 atom stereocenters. The Balaban J connectivity index is 2.21. The van der Waals surface area contributed by atoms with Crippen LogP contribution >= 0.6 is 0 Å². The zero-order valence-corrected chi connectivity index (χ0v) is 12.4. The molecule has 1 aromatic carbocycles. The number of nitrogens with zero attached hydrogens (tertiary/aromatic N) is 1. The lowest BCUT2D eigenvalue weighted by Gasteiger charge is -2.10. The minimum Gasteiger partial charge on any atom is -0.379 e. The van der Waals surface area contributed by atoms with Crippen LogP contribution in [0.2, 0.25) is 0 Å². The van der Waals surface area contributed by atoms with Crippen molar-refractivity contribution in [2.24, 2.45) is 5.92 Å². The van der Waals surface area contributed by atoms with Crippen molar-refractivity contribution in [3.8, 4) is 0 Å². The highest BCUT2D eigenvalue weighted by atomic mass is 16.6. The standard InChI is InChI=1S/C15H21N3O3/c1-3-8-16-12-7-5-6-11(14(12)18(20)21)15(19)17-13-9-10(13)4-2/h5-7,10,13,16H,3-4,8-9H2,1-2H3,(H,17,19). The highest BCUT2D eigenvalue weighted by Crippen LogP contribution is 2.34. The van der Waals surface area contributed by atoms with E-state index in [1.165, 1.54) is 6.07 Å². The van der Waals surface area contributed by atoms with E-state index in [-0.39, 0.29) is 23.2 Å². The lowest BCUT2D eigenvalue weighted by molar-refractivity contribution is -0.384. The summed E-state index contributed by atoms with van der Waals surface area (Å²) < 4.78 is 0. The number of carbonyl (C=O) groups is 1. The van der Waals surface area contributed by atoms with Gasteiger partial charge in [-0.1, -0.05) is 26.3 Å². The summed E-state index contributed by atoms with van der Waals surface area (Å²) in [5.41, 5.74) is 0.386. The van der Waals surface area contributed by atoms with E-state index < -0.39 is 4.92 Å². The molecule has 114 valence electrons. The van der Waals surface area contributed by atoms with Crippen LogP contribution < -0.4 is 10.6 Å². The van der Waals surface area contributed by atoms with Gasteiger partial charge >= 0.3 is 5.69 Å². The molecule has 0 spiro atoms. The summed E-state index contributed by atoms with van der Waals surface area (Å²) in [4.78, 5) is 23.1. The topological polar surface area (TPSA) is 84.3 Å². The van der Waals surface area contributed by atoms with Crippen LogP contribution in [-0.2, 0) is 0 Å². The van der Waals surface area contributed by atoms with Gasteiger partial charge in [0, 0.05) is 12.6 Å². The minimum absolute atomic E-state index is 0.128. The molecule has 2 unspecified atom stereocenters. The number of nitro benzene ring substituents is 1. The van der Waals surface area contributed by atoms with Gasteiger partial charge in [0.25, 0.3) is 5.91 Å². The highest BCUT2D eigenvalue weighted by molar-refractivity contribution is 6.00. The second kappa shape index (κ2) is 6.56. The lowest BCUT2D eigenvalue weighted by atomic mass is 10.1. The number of hydrogen-bond acceptors (Lipinski definition) is 4. The van der Waals surface area contributed by atoms with Crippen LogP contribution in [0.5, 0.6) is 0 Å². The first-order valence-corrected chi connectivity index (χ1v) is 7.40. The summed E-state index contributed by atoms with van der Waals surface area (Å²) in [5, 5.41) is 17.2. The Hall–Kier alpha value is -2.11. The molecule has 0 saturated heterocycles. The van der Waals surface area contributed by atoms with Gasteiger partial charge in [0.1, 0.15) is 11.3 Å². The quantitative estimate of drug-likeness (QED) is 0.597. The molecule has 1 saturated carbocycles. The summed E-state index contributed by atoms with van der Waals surface area (Å²) in [6.45, 7) is 4.69. The van der Waals surface area contributed by atoms with Gasteiger partial charge in [-0.2, -0.15) is 0 Å². The Morgan fingerprint density at radius 2 is 2.19 bits per heavy atom. The van der Waals surface area contributed by atoms with Gasteiger partial charge in [0.15, 0.2) is 0 Å². The SMILES string of the molecule is CCCNc1cccc(C(=O)NC2CC2CC)c1[N+](=O)[O-]. The van der Waals surface area contributed by atoms with E-state index in [1.54, 1.807) is 12.1 Å². The number of amides is 1. The predicted octanol–water partition coefficient (Wildman–Crippen LogP) is 2.95. The monoisotopic (exact) mass is 291 g/mol. The van der Waals surface area contributed by atoms with Crippen molar-refractivity contribution in [2.45, 2.75) is 39.2 Å². The van der Waals surface area contributed by atoms with Crippen molar-refractivity contribution in [2.75, 3.05) is 11.9 Å². The maximum Gasteiger partial charge on any atom is 0.305 e. The summed E-state index contributed by atoms with van der Waals surface area (Å²) in [6.07, 6.45) is 2.84. The third-order valence-electron chi connectivity index (χ3n) is 3.79. The number of nitro groups is 1. The molecule has 1 amide bonds. The molecule has 0 aromatic heterocycles. The van der Waals surface area contributed by atoms with Crippen LogP contribution in [0.1, 0.15) is 43.5 Å².